The molecule has 1 heterocycles. The van der Waals surface area contributed by atoms with Gasteiger partial charge in [-0.2, -0.15) is 0 Å². The molecular weight excluding hydrogens is 286 g/mol. The van der Waals surface area contributed by atoms with Crippen molar-refractivity contribution in [3.63, 3.8) is 0 Å². The minimum absolute atomic E-state index is 0.389. The molecule has 3 nitrogen and oxygen atoms in total. The molecule has 0 spiro atoms. The highest BCUT2D eigenvalue weighted by Gasteiger charge is 2.21. The first kappa shape index (κ1) is 12.2. The molecule has 0 amide bonds. The smallest absolute Gasteiger partial charge is 0.206 e. The molecule has 1 aromatic heterocycles. The van der Waals surface area contributed by atoms with Gasteiger partial charge in [0, 0.05) is 13.6 Å². The topological polar surface area (TPSA) is 37.4 Å². The third kappa shape index (κ3) is 2.56. The summed E-state index contributed by atoms with van der Waals surface area (Å²) in [6, 6.07) is 3.37. The van der Waals surface area contributed by atoms with E-state index in [2.05, 4.69) is 15.9 Å². The summed E-state index contributed by atoms with van der Waals surface area (Å²) >= 11 is 4.48. The second-order valence-corrected chi connectivity index (χ2v) is 7.62. The predicted molar refractivity (Wildman–Crippen MR) is 62.1 cm³/mol. The van der Waals surface area contributed by atoms with Gasteiger partial charge >= 0.3 is 0 Å². The molecule has 6 heteroatoms. The van der Waals surface area contributed by atoms with E-state index in [4.69, 9.17) is 0 Å². The van der Waals surface area contributed by atoms with Gasteiger partial charge in [-0.05, 0) is 34.5 Å². The van der Waals surface area contributed by atoms with Gasteiger partial charge < -0.3 is 0 Å². The van der Waals surface area contributed by atoms with Gasteiger partial charge in [0.25, 0.3) is 10.0 Å². The summed E-state index contributed by atoms with van der Waals surface area (Å²) in [4.78, 5) is 0. The minimum atomic E-state index is -3.26. The van der Waals surface area contributed by atoms with Crippen molar-refractivity contribution in [3.05, 3.63) is 15.9 Å². The quantitative estimate of drug-likeness (QED) is 0.856. The van der Waals surface area contributed by atoms with Gasteiger partial charge in [-0.25, -0.2) is 12.7 Å². The first-order valence-corrected chi connectivity index (χ1v) is 7.25. The molecule has 80 valence electrons. The van der Waals surface area contributed by atoms with E-state index in [0.717, 1.165) is 10.2 Å². The molecule has 0 bridgehead atoms. The Morgan fingerprint density at radius 2 is 2.14 bits per heavy atom. The first-order valence-electron chi connectivity index (χ1n) is 4.20. The van der Waals surface area contributed by atoms with Crippen molar-refractivity contribution >= 4 is 37.3 Å². The first-order chi connectivity index (χ1) is 6.48. The lowest BCUT2D eigenvalue weighted by Gasteiger charge is -2.14. The van der Waals surface area contributed by atoms with Crippen LogP contribution in [0.25, 0.3) is 0 Å². The summed E-state index contributed by atoms with van der Waals surface area (Å²) in [5.41, 5.74) is 0. The third-order valence-electron chi connectivity index (χ3n) is 1.75. The summed E-state index contributed by atoms with van der Waals surface area (Å²) < 4.78 is 26.3. The van der Waals surface area contributed by atoms with E-state index >= 15 is 0 Å². The van der Waals surface area contributed by atoms with Crippen LogP contribution < -0.4 is 0 Å². The molecule has 1 rings (SSSR count). The second kappa shape index (κ2) is 4.74. The molecule has 14 heavy (non-hydrogen) atoms. The Hall–Kier alpha value is 0.0900. The van der Waals surface area contributed by atoms with Crippen LogP contribution in [0, 0.1) is 0 Å². The third-order valence-corrected chi connectivity index (χ3v) is 5.70. The van der Waals surface area contributed by atoms with Crippen LogP contribution in [-0.2, 0) is 10.0 Å². The number of rotatable bonds is 4. The van der Waals surface area contributed by atoms with Gasteiger partial charge in [0.05, 0.1) is 3.79 Å². The van der Waals surface area contributed by atoms with Gasteiger partial charge in [-0.1, -0.05) is 6.92 Å². The molecule has 0 saturated carbocycles. The minimum Gasteiger partial charge on any atom is -0.206 e. The number of nitrogens with zero attached hydrogens (tertiary/aromatic N) is 1. The number of sulfonamides is 1. The van der Waals surface area contributed by atoms with Gasteiger partial charge in [0.1, 0.15) is 4.21 Å². The fourth-order valence-electron chi connectivity index (χ4n) is 1.03. The van der Waals surface area contributed by atoms with Crippen molar-refractivity contribution < 1.29 is 8.42 Å². The number of hydrogen-bond donors (Lipinski definition) is 0. The summed E-state index contributed by atoms with van der Waals surface area (Å²) in [6.45, 7) is 2.51. The fraction of sp³-hybridized carbons (Fsp3) is 0.500. The molecule has 0 aliphatic rings. The van der Waals surface area contributed by atoms with Gasteiger partial charge in [0.2, 0.25) is 0 Å². The van der Waals surface area contributed by atoms with Gasteiger partial charge in [-0.15, -0.1) is 11.3 Å². The van der Waals surface area contributed by atoms with Crippen LogP contribution in [0.4, 0.5) is 0 Å². The monoisotopic (exact) mass is 297 g/mol. The van der Waals surface area contributed by atoms with Crippen LogP contribution in [0.2, 0.25) is 0 Å². The standard InChI is InChI=1S/C8H12BrNO2S2/c1-3-6-10(2)14(11,12)8-5-4-7(9)13-8/h4-5H,3,6H2,1-2H3. The molecule has 0 aliphatic heterocycles. The SMILES string of the molecule is CCCN(C)S(=O)(=O)c1ccc(Br)s1. The maximum absolute atomic E-state index is 11.9. The predicted octanol–water partition coefficient (Wildman–Crippen LogP) is 2.54. The molecule has 0 radical (unpaired) electrons. The highest BCUT2D eigenvalue weighted by atomic mass is 79.9. The number of halogens is 1. The van der Waals surface area contributed by atoms with E-state index in [1.54, 1.807) is 19.2 Å². The van der Waals surface area contributed by atoms with E-state index in [0.29, 0.717) is 10.8 Å². The maximum Gasteiger partial charge on any atom is 0.252 e. The van der Waals surface area contributed by atoms with Crippen molar-refractivity contribution in [2.75, 3.05) is 13.6 Å². The lowest BCUT2D eigenvalue weighted by molar-refractivity contribution is 0.470. The van der Waals surface area contributed by atoms with E-state index in [1.807, 2.05) is 6.92 Å². The lowest BCUT2D eigenvalue weighted by Crippen LogP contribution is -2.26. The Balaban J connectivity index is 2.96. The van der Waals surface area contributed by atoms with Gasteiger partial charge in [-0.3, -0.25) is 0 Å². The summed E-state index contributed by atoms with van der Waals surface area (Å²) in [7, 11) is -1.65. The molecule has 0 atom stereocenters. The number of hydrogen-bond acceptors (Lipinski definition) is 3. The zero-order valence-electron chi connectivity index (χ0n) is 8.03. The Bertz CT molecular complexity index is 399. The Labute approximate surface area is 96.9 Å². The van der Waals surface area contributed by atoms with Crippen molar-refractivity contribution in [2.24, 2.45) is 0 Å². The molecule has 0 aromatic carbocycles. The van der Waals surface area contributed by atoms with Crippen LogP contribution in [0.1, 0.15) is 13.3 Å². The number of thiophene rings is 1. The Kier molecular flexibility index (Phi) is 4.12. The summed E-state index contributed by atoms with van der Waals surface area (Å²) in [5.74, 6) is 0. The Morgan fingerprint density at radius 3 is 2.57 bits per heavy atom. The molecule has 0 N–H and O–H groups in total. The second-order valence-electron chi connectivity index (χ2n) is 2.89. The molecular formula is C8H12BrNO2S2. The highest BCUT2D eigenvalue weighted by Crippen LogP contribution is 2.27. The summed E-state index contributed by atoms with van der Waals surface area (Å²) in [5, 5.41) is 0. The van der Waals surface area contributed by atoms with Crippen molar-refractivity contribution in [2.45, 2.75) is 17.6 Å². The zero-order chi connectivity index (χ0) is 10.8. The van der Waals surface area contributed by atoms with Gasteiger partial charge in [0.15, 0.2) is 0 Å². The van der Waals surface area contributed by atoms with E-state index in [1.165, 1.54) is 15.6 Å². The zero-order valence-corrected chi connectivity index (χ0v) is 11.2. The average Bonchev–Trinajstić information content (AvgIpc) is 2.52. The van der Waals surface area contributed by atoms with E-state index in [-0.39, 0.29) is 0 Å². The molecule has 0 aliphatic carbocycles. The largest absolute Gasteiger partial charge is 0.252 e. The van der Waals surface area contributed by atoms with Crippen LogP contribution in [0.5, 0.6) is 0 Å². The molecule has 0 saturated heterocycles. The molecule has 1 aromatic rings. The van der Waals surface area contributed by atoms with E-state index in [9.17, 15) is 8.42 Å². The van der Waals surface area contributed by atoms with Crippen LogP contribution >= 0.6 is 27.3 Å². The van der Waals surface area contributed by atoms with Crippen molar-refractivity contribution in [1.29, 1.82) is 0 Å². The molecule has 0 unspecified atom stereocenters. The fourth-order valence-corrected chi connectivity index (χ4v) is 4.51. The van der Waals surface area contributed by atoms with Crippen molar-refractivity contribution in [3.8, 4) is 0 Å². The maximum atomic E-state index is 11.9. The lowest BCUT2D eigenvalue weighted by atomic mass is 10.5. The summed E-state index contributed by atoms with van der Waals surface area (Å²) in [6.07, 6.45) is 0.822. The highest BCUT2D eigenvalue weighted by molar-refractivity contribution is 9.11. The van der Waals surface area contributed by atoms with Crippen LogP contribution in [-0.4, -0.2) is 26.3 Å². The Morgan fingerprint density at radius 1 is 1.50 bits per heavy atom. The average molecular weight is 298 g/mol. The normalized spacial score (nSPS) is 12.3. The van der Waals surface area contributed by atoms with E-state index < -0.39 is 10.0 Å². The van der Waals surface area contributed by atoms with Crippen LogP contribution in [0.15, 0.2) is 20.1 Å². The van der Waals surface area contributed by atoms with Crippen molar-refractivity contribution in [1.82, 2.24) is 4.31 Å². The van der Waals surface area contributed by atoms with Crippen LogP contribution in [0.3, 0.4) is 0 Å². The molecule has 0 fully saturated rings.